The molecule has 1 fully saturated rings. The van der Waals surface area contributed by atoms with Gasteiger partial charge in [-0.05, 0) is 32.9 Å². The van der Waals surface area contributed by atoms with Crippen molar-refractivity contribution in [3.63, 3.8) is 0 Å². The molecule has 0 spiro atoms. The number of likely N-dealkylation sites (tertiary alicyclic amines) is 1. The Labute approximate surface area is 79.6 Å². The second-order valence-electron chi connectivity index (χ2n) is 3.48. The average molecular weight is 185 g/mol. The van der Waals surface area contributed by atoms with E-state index in [9.17, 15) is 0 Å². The lowest BCUT2D eigenvalue weighted by Crippen LogP contribution is -2.32. The first kappa shape index (κ1) is 10.5. The monoisotopic (exact) mass is 185 g/mol. The number of rotatable bonds is 3. The van der Waals surface area contributed by atoms with Crippen molar-refractivity contribution in [1.29, 1.82) is 0 Å². The topological polar surface area (TPSA) is 47.9 Å². The highest BCUT2D eigenvalue weighted by Gasteiger charge is 2.08. The van der Waals surface area contributed by atoms with Gasteiger partial charge in [0.25, 0.3) is 0 Å². The van der Waals surface area contributed by atoms with Gasteiger partial charge in [0.2, 0.25) is 0 Å². The van der Waals surface area contributed by atoms with Gasteiger partial charge in [-0.25, -0.2) is 0 Å². The Morgan fingerprint density at radius 2 is 2.08 bits per heavy atom. The number of nitrogens with one attached hydrogen (secondary N) is 1. The Bertz CT molecular complexity index is 164. The summed E-state index contributed by atoms with van der Waals surface area (Å²) >= 11 is 0. The summed E-state index contributed by atoms with van der Waals surface area (Å²) in [7, 11) is 0. The standard InChI is InChI=1S/C9H19N3O/c1-9(11-13)10-5-8-12-6-3-2-4-7-12/h13H,2-8H2,1H3,(H,10,11). The molecule has 0 aromatic carbocycles. The first-order valence-corrected chi connectivity index (χ1v) is 4.96. The first-order valence-electron chi connectivity index (χ1n) is 4.96. The van der Waals surface area contributed by atoms with Crippen LogP contribution in [0.25, 0.3) is 0 Å². The zero-order valence-electron chi connectivity index (χ0n) is 8.29. The van der Waals surface area contributed by atoms with E-state index in [-0.39, 0.29) is 0 Å². The van der Waals surface area contributed by atoms with Gasteiger partial charge < -0.3 is 4.90 Å². The highest BCUT2D eigenvalue weighted by Crippen LogP contribution is 2.07. The van der Waals surface area contributed by atoms with E-state index in [0.717, 1.165) is 13.1 Å². The van der Waals surface area contributed by atoms with Crippen molar-refractivity contribution >= 4 is 5.84 Å². The molecule has 0 amide bonds. The smallest absolute Gasteiger partial charge is 0.117 e. The van der Waals surface area contributed by atoms with Gasteiger partial charge in [0.05, 0.1) is 6.54 Å². The van der Waals surface area contributed by atoms with Crippen molar-refractivity contribution in [2.24, 2.45) is 4.99 Å². The predicted molar refractivity (Wildman–Crippen MR) is 53.2 cm³/mol. The van der Waals surface area contributed by atoms with E-state index in [2.05, 4.69) is 9.89 Å². The van der Waals surface area contributed by atoms with Crippen LogP contribution in [-0.2, 0) is 0 Å². The normalized spacial score (nSPS) is 20.3. The number of hydrogen-bond donors (Lipinski definition) is 2. The molecule has 1 aliphatic rings. The number of hydroxylamine groups is 1. The van der Waals surface area contributed by atoms with Crippen molar-refractivity contribution < 1.29 is 5.21 Å². The van der Waals surface area contributed by atoms with Gasteiger partial charge in [-0.2, -0.15) is 0 Å². The number of hydrogen-bond acceptors (Lipinski definition) is 3. The summed E-state index contributed by atoms with van der Waals surface area (Å²) < 4.78 is 0. The fourth-order valence-electron chi connectivity index (χ4n) is 1.58. The summed E-state index contributed by atoms with van der Waals surface area (Å²) in [6.07, 6.45) is 4.01. The fraction of sp³-hybridized carbons (Fsp3) is 0.889. The lowest BCUT2D eigenvalue weighted by atomic mass is 10.1. The van der Waals surface area contributed by atoms with Crippen LogP contribution >= 0.6 is 0 Å². The van der Waals surface area contributed by atoms with Gasteiger partial charge in [-0.1, -0.05) is 6.42 Å². The molecule has 76 valence electrons. The Balaban J connectivity index is 2.10. The minimum absolute atomic E-state index is 0.594. The second kappa shape index (κ2) is 5.94. The number of piperidine rings is 1. The maximum absolute atomic E-state index is 8.48. The third-order valence-corrected chi connectivity index (χ3v) is 2.38. The predicted octanol–water partition coefficient (Wildman–Crippen LogP) is 0.870. The van der Waals surface area contributed by atoms with Gasteiger partial charge in [-0.3, -0.25) is 15.7 Å². The van der Waals surface area contributed by atoms with Gasteiger partial charge in [0.15, 0.2) is 0 Å². The zero-order valence-corrected chi connectivity index (χ0v) is 8.29. The molecular weight excluding hydrogens is 166 g/mol. The van der Waals surface area contributed by atoms with E-state index in [1.165, 1.54) is 32.4 Å². The van der Waals surface area contributed by atoms with E-state index < -0.39 is 0 Å². The van der Waals surface area contributed by atoms with Gasteiger partial charge in [-0.15, -0.1) is 0 Å². The molecule has 0 bridgehead atoms. The molecule has 4 heteroatoms. The van der Waals surface area contributed by atoms with E-state index in [0.29, 0.717) is 5.84 Å². The fourth-order valence-corrected chi connectivity index (χ4v) is 1.58. The van der Waals surface area contributed by atoms with Gasteiger partial charge in [0, 0.05) is 6.54 Å². The van der Waals surface area contributed by atoms with Crippen LogP contribution in [0.2, 0.25) is 0 Å². The Morgan fingerprint density at radius 3 is 2.69 bits per heavy atom. The Hall–Kier alpha value is -0.610. The molecular formula is C9H19N3O. The maximum atomic E-state index is 8.48. The van der Waals surface area contributed by atoms with Crippen LogP contribution in [0.3, 0.4) is 0 Å². The number of aliphatic imine (C=N–C) groups is 1. The SMILES string of the molecule is CC(=NCCN1CCCCC1)NO. The minimum atomic E-state index is 0.594. The van der Waals surface area contributed by atoms with Crippen molar-refractivity contribution in [2.45, 2.75) is 26.2 Å². The summed E-state index contributed by atoms with van der Waals surface area (Å²) in [5.74, 6) is 0.594. The number of nitrogens with zero attached hydrogens (tertiary/aromatic N) is 2. The molecule has 2 N–H and O–H groups in total. The third kappa shape index (κ3) is 4.24. The lowest BCUT2D eigenvalue weighted by molar-refractivity contribution is 0.228. The summed E-state index contributed by atoms with van der Waals surface area (Å²) in [4.78, 5) is 6.58. The molecule has 1 saturated heterocycles. The zero-order chi connectivity index (χ0) is 9.52. The highest BCUT2D eigenvalue weighted by molar-refractivity contribution is 5.78. The first-order chi connectivity index (χ1) is 6.33. The van der Waals surface area contributed by atoms with Crippen molar-refractivity contribution in [3.8, 4) is 0 Å². The van der Waals surface area contributed by atoms with Crippen molar-refractivity contribution in [2.75, 3.05) is 26.2 Å². The molecule has 1 heterocycles. The Morgan fingerprint density at radius 1 is 1.38 bits per heavy atom. The lowest BCUT2D eigenvalue weighted by Gasteiger charge is -2.25. The summed E-state index contributed by atoms with van der Waals surface area (Å²) in [5, 5.41) is 8.48. The van der Waals surface area contributed by atoms with Crippen LogP contribution in [0.5, 0.6) is 0 Å². The quantitative estimate of drug-likeness (QED) is 0.389. The van der Waals surface area contributed by atoms with Crippen molar-refractivity contribution in [1.82, 2.24) is 10.4 Å². The third-order valence-electron chi connectivity index (χ3n) is 2.38. The molecule has 0 aliphatic carbocycles. The largest absolute Gasteiger partial charge is 0.301 e. The summed E-state index contributed by atoms with van der Waals surface area (Å²) in [5.41, 5.74) is 2.03. The highest BCUT2D eigenvalue weighted by atomic mass is 16.5. The molecule has 1 aliphatic heterocycles. The van der Waals surface area contributed by atoms with Gasteiger partial charge in [0.1, 0.15) is 5.84 Å². The van der Waals surface area contributed by atoms with E-state index in [1.807, 2.05) is 5.48 Å². The van der Waals surface area contributed by atoms with E-state index in [4.69, 9.17) is 5.21 Å². The van der Waals surface area contributed by atoms with Crippen LogP contribution in [-0.4, -0.2) is 42.1 Å². The Kier molecular flexibility index (Phi) is 4.78. The maximum Gasteiger partial charge on any atom is 0.117 e. The molecule has 0 unspecified atom stereocenters. The summed E-state index contributed by atoms with van der Waals surface area (Å²) in [6, 6.07) is 0. The van der Waals surface area contributed by atoms with Crippen LogP contribution in [0.4, 0.5) is 0 Å². The minimum Gasteiger partial charge on any atom is -0.301 e. The molecule has 1 rings (SSSR count). The average Bonchev–Trinajstić information content (AvgIpc) is 2.19. The van der Waals surface area contributed by atoms with Crippen LogP contribution in [0, 0.1) is 0 Å². The second-order valence-corrected chi connectivity index (χ2v) is 3.48. The molecule has 0 aromatic rings. The van der Waals surface area contributed by atoms with Gasteiger partial charge >= 0.3 is 0 Å². The molecule has 4 nitrogen and oxygen atoms in total. The van der Waals surface area contributed by atoms with Crippen LogP contribution < -0.4 is 5.48 Å². The van der Waals surface area contributed by atoms with Crippen molar-refractivity contribution in [3.05, 3.63) is 0 Å². The molecule has 0 radical (unpaired) electrons. The van der Waals surface area contributed by atoms with E-state index >= 15 is 0 Å². The van der Waals surface area contributed by atoms with Crippen LogP contribution in [0.1, 0.15) is 26.2 Å². The molecule has 0 aromatic heterocycles. The summed E-state index contributed by atoms with van der Waals surface area (Å²) in [6.45, 7) is 5.97. The van der Waals surface area contributed by atoms with Crippen LogP contribution in [0.15, 0.2) is 4.99 Å². The number of amidine groups is 1. The molecule has 13 heavy (non-hydrogen) atoms. The van der Waals surface area contributed by atoms with E-state index in [1.54, 1.807) is 6.92 Å². The molecule has 0 saturated carbocycles. The molecule has 0 atom stereocenters.